The van der Waals surface area contributed by atoms with Crippen LogP contribution in [0.25, 0.3) is 0 Å². The third kappa shape index (κ3) is 2.98. The van der Waals surface area contributed by atoms with E-state index in [1.165, 1.54) is 19.3 Å². The Balaban J connectivity index is 1.74. The number of amides is 1. The summed E-state index contributed by atoms with van der Waals surface area (Å²) in [6.45, 7) is 1.95. The maximum atomic E-state index is 12.7. The molecule has 0 saturated heterocycles. The van der Waals surface area contributed by atoms with Crippen molar-refractivity contribution in [3.8, 4) is 5.75 Å². The van der Waals surface area contributed by atoms with Gasteiger partial charge in [-0.3, -0.25) is 4.79 Å². The predicted molar refractivity (Wildman–Crippen MR) is 87.0 cm³/mol. The number of nitrogens with one attached hydrogen (secondary N) is 1. The molecule has 2 aliphatic rings. The second-order valence-corrected chi connectivity index (χ2v) is 6.86. The minimum atomic E-state index is 0.0394. The number of hydrogen-bond donors (Lipinski definition) is 2. The monoisotopic (exact) mass is 302 g/mol. The van der Waals surface area contributed by atoms with Crippen LogP contribution >= 0.6 is 0 Å². The summed E-state index contributed by atoms with van der Waals surface area (Å²) in [5.74, 6) is 1.92. The molecule has 1 aromatic rings. The van der Waals surface area contributed by atoms with Crippen LogP contribution in [0.3, 0.4) is 0 Å². The van der Waals surface area contributed by atoms with Gasteiger partial charge in [0.1, 0.15) is 5.75 Å². The third-order valence-electron chi connectivity index (χ3n) is 5.35. The molecule has 2 aliphatic carbocycles. The SMILES string of the molecule is COc1ccc(C(=O)NC2C3CCCC2CC(N)C3)c(C)c1. The Morgan fingerprint density at radius 1 is 1.27 bits per heavy atom. The zero-order valence-electron chi connectivity index (χ0n) is 13.5. The Labute approximate surface area is 132 Å². The smallest absolute Gasteiger partial charge is 0.251 e. The molecule has 2 saturated carbocycles. The third-order valence-corrected chi connectivity index (χ3v) is 5.35. The van der Waals surface area contributed by atoms with Crippen LogP contribution in [0.15, 0.2) is 18.2 Å². The van der Waals surface area contributed by atoms with Crippen molar-refractivity contribution >= 4 is 5.91 Å². The van der Waals surface area contributed by atoms with Crippen LogP contribution in [-0.4, -0.2) is 25.1 Å². The first kappa shape index (κ1) is 15.3. The number of carbonyl (C=O) groups excluding carboxylic acids is 1. The van der Waals surface area contributed by atoms with Gasteiger partial charge in [-0.15, -0.1) is 0 Å². The van der Waals surface area contributed by atoms with E-state index < -0.39 is 0 Å². The molecular weight excluding hydrogens is 276 g/mol. The first-order valence-electron chi connectivity index (χ1n) is 8.29. The maximum Gasteiger partial charge on any atom is 0.251 e. The number of methoxy groups -OCH3 is 1. The summed E-state index contributed by atoms with van der Waals surface area (Å²) in [4.78, 5) is 12.7. The zero-order valence-corrected chi connectivity index (χ0v) is 13.5. The fourth-order valence-electron chi connectivity index (χ4n) is 4.27. The first-order valence-corrected chi connectivity index (χ1v) is 8.29. The second kappa shape index (κ2) is 6.29. The molecule has 3 N–H and O–H groups in total. The van der Waals surface area contributed by atoms with Crippen LogP contribution in [0, 0.1) is 18.8 Å². The summed E-state index contributed by atoms with van der Waals surface area (Å²) in [6.07, 6.45) is 5.75. The van der Waals surface area contributed by atoms with Crippen LogP contribution in [0.1, 0.15) is 48.0 Å². The van der Waals surface area contributed by atoms with Crippen LogP contribution in [0.5, 0.6) is 5.75 Å². The molecule has 0 spiro atoms. The van der Waals surface area contributed by atoms with Gasteiger partial charge in [-0.25, -0.2) is 0 Å². The number of hydrogen-bond acceptors (Lipinski definition) is 3. The molecule has 22 heavy (non-hydrogen) atoms. The molecule has 120 valence electrons. The number of aryl methyl sites for hydroxylation is 1. The van der Waals surface area contributed by atoms with Crippen LogP contribution < -0.4 is 15.8 Å². The molecule has 0 aromatic heterocycles. The van der Waals surface area contributed by atoms with E-state index >= 15 is 0 Å². The Kier molecular flexibility index (Phi) is 4.39. The average Bonchev–Trinajstić information content (AvgIpc) is 2.47. The highest BCUT2D eigenvalue weighted by Crippen LogP contribution is 2.39. The number of fused-ring (bicyclic) bond motifs is 2. The molecular formula is C18H26N2O2. The standard InChI is InChI=1S/C18H26N2O2/c1-11-8-15(22-2)6-7-16(11)18(21)20-17-12-4-3-5-13(17)10-14(19)9-12/h6-8,12-14,17H,3-5,9-10,19H2,1-2H3,(H,20,21). The van der Waals surface area contributed by atoms with E-state index in [1.54, 1.807) is 7.11 Å². The van der Waals surface area contributed by atoms with Crippen molar-refractivity contribution in [2.45, 2.75) is 51.1 Å². The fourth-order valence-corrected chi connectivity index (χ4v) is 4.27. The summed E-state index contributed by atoms with van der Waals surface area (Å²) >= 11 is 0. The van der Waals surface area contributed by atoms with Crippen molar-refractivity contribution in [1.29, 1.82) is 0 Å². The summed E-state index contributed by atoms with van der Waals surface area (Å²) in [6, 6.07) is 6.22. The maximum absolute atomic E-state index is 12.7. The minimum absolute atomic E-state index is 0.0394. The lowest BCUT2D eigenvalue weighted by Gasteiger charge is -2.45. The Bertz CT molecular complexity index is 544. The van der Waals surface area contributed by atoms with Crippen molar-refractivity contribution in [2.75, 3.05) is 7.11 Å². The average molecular weight is 302 g/mol. The quantitative estimate of drug-likeness (QED) is 0.902. The summed E-state index contributed by atoms with van der Waals surface area (Å²) in [5.41, 5.74) is 7.86. The van der Waals surface area contributed by atoms with Crippen molar-refractivity contribution in [1.82, 2.24) is 5.32 Å². The molecule has 4 nitrogen and oxygen atoms in total. The van der Waals surface area contributed by atoms with Gasteiger partial charge in [-0.1, -0.05) is 6.42 Å². The van der Waals surface area contributed by atoms with Crippen molar-refractivity contribution in [3.63, 3.8) is 0 Å². The molecule has 3 rings (SSSR count). The van der Waals surface area contributed by atoms with E-state index in [0.29, 0.717) is 23.9 Å². The van der Waals surface area contributed by atoms with Crippen molar-refractivity contribution in [3.05, 3.63) is 29.3 Å². The summed E-state index contributed by atoms with van der Waals surface area (Å²) in [7, 11) is 1.64. The topological polar surface area (TPSA) is 64.3 Å². The van der Waals surface area contributed by atoms with Crippen molar-refractivity contribution in [2.24, 2.45) is 17.6 Å². The molecule has 0 heterocycles. The van der Waals surface area contributed by atoms with Crippen LogP contribution in [0.4, 0.5) is 0 Å². The summed E-state index contributed by atoms with van der Waals surface area (Å²) in [5, 5.41) is 3.30. The number of nitrogens with two attached hydrogens (primary N) is 1. The molecule has 2 atom stereocenters. The number of benzene rings is 1. The number of rotatable bonds is 3. The largest absolute Gasteiger partial charge is 0.497 e. The fraction of sp³-hybridized carbons (Fsp3) is 0.611. The first-order chi connectivity index (χ1) is 10.6. The lowest BCUT2D eigenvalue weighted by Crippen LogP contribution is -2.53. The lowest BCUT2D eigenvalue weighted by atomic mass is 9.67. The molecule has 0 aliphatic heterocycles. The summed E-state index contributed by atoms with van der Waals surface area (Å²) < 4.78 is 5.21. The van der Waals surface area contributed by atoms with E-state index in [-0.39, 0.29) is 5.91 Å². The highest BCUT2D eigenvalue weighted by atomic mass is 16.5. The van der Waals surface area contributed by atoms with E-state index in [4.69, 9.17) is 10.5 Å². The van der Waals surface area contributed by atoms with Gasteiger partial charge in [-0.05, 0) is 68.2 Å². The van der Waals surface area contributed by atoms with E-state index in [0.717, 1.165) is 29.7 Å². The highest BCUT2D eigenvalue weighted by Gasteiger charge is 2.40. The Morgan fingerprint density at radius 2 is 1.95 bits per heavy atom. The van der Waals surface area contributed by atoms with E-state index in [2.05, 4.69) is 5.32 Å². The molecule has 4 heteroatoms. The normalized spacial score (nSPS) is 30.7. The molecule has 2 unspecified atom stereocenters. The molecule has 2 fully saturated rings. The van der Waals surface area contributed by atoms with Crippen molar-refractivity contribution < 1.29 is 9.53 Å². The van der Waals surface area contributed by atoms with Gasteiger partial charge < -0.3 is 15.8 Å². The van der Waals surface area contributed by atoms with Gasteiger partial charge in [0, 0.05) is 17.6 Å². The molecule has 1 aromatic carbocycles. The highest BCUT2D eigenvalue weighted by molar-refractivity contribution is 5.96. The van der Waals surface area contributed by atoms with Crippen LogP contribution in [-0.2, 0) is 0 Å². The van der Waals surface area contributed by atoms with E-state index in [1.807, 2.05) is 25.1 Å². The van der Waals surface area contributed by atoms with Gasteiger partial charge in [0.05, 0.1) is 7.11 Å². The second-order valence-electron chi connectivity index (χ2n) is 6.86. The molecule has 1 amide bonds. The number of ether oxygens (including phenoxy) is 1. The Hall–Kier alpha value is -1.55. The van der Waals surface area contributed by atoms with E-state index in [9.17, 15) is 4.79 Å². The van der Waals surface area contributed by atoms with Gasteiger partial charge >= 0.3 is 0 Å². The van der Waals surface area contributed by atoms with Gasteiger partial charge in [0.2, 0.25) is 0 Å². The van der Waals surface area contributed by atoms with Gasteiger partial charge in [0.25, 0.3) is 5.91 Å². The lowest BCUT2D eigenvalue weighted by molar-refractivity contribution is 0.0755. The Morgan fingerprint density at radius 3 is 2.55 bits per heavy atom. The zero-order chi connectivity index (χ0) is 15.7. The molecule has 2 bridgehead atoms. The predicted octanol–water partition coefficient (Wildman–Crippen LogP) is 2.64. The van der Waals surface area contributed by atoms with Crippen LogP contribution in [0.2, 0.25) is 0 Å². The van der Waals surface area contributed by atoms with Gasteiger partial charge in [0.15, 0.2) is 0 Å². The minimum Gasteiger partial charge on any atom is -0.497 e. The number of carbonyl (C=O) groups is 1. The van der Waals surface area contributed by atoms with Gasteiger partial charge in [-0.2, -0.15) is 0 Å². The molecule has 0 radical (unpaired) electrons.